The topological polar surface area (TPSA) is 108 Å². The van der Waals surface area contributed by atoms with Gasteiger partial charge in [-0.05, 0) is 101 Å². The maximum absolute atomic E-state index is 13.3. The highest BCUT2D eigenvalue weighted by Crippen LogP contribution is 2.45. The Labute approximate surface area is 344 Å². The van der Waals surface area contributed by atoms with Crippen molar-refractivity contribution in [3.05, 3.63) is 120 Å². The Morgan fingerprint density at radius 2 is 1.18 bits per heavy atom. The van der Waals surface area contributed by atoms with Gasteiger partial charge in [-0.3, -0.25) is 20.1 Å². The molecule has 0 saturated heterocycles. The Balaban J connectivity index is 1.35. The average Bonchev–Trinajstić information content (AvgIpc) is 3.21. The largest absolute Gasteiger partial charge is 0.496 e. The molecule has 0 atom stereocenters. The zero-order valence-corrected chi connectivity index (χ0v) is 35.2. The summed E-state index contributed by atoms with van der Waals surface area (Å²) in [5.74, 6) is 0.934. The van der Waals surface area contributed by atoms with E-state index in [1.54, 1.807) is 47.0 Å². The molecule has 0 aliphatic carbocycles. The maximum Gasteiger partial charge on any atom is 0.417 e. The van der Waals surface area contributed by atoms with Crippen LogP contribution in [0.2, 0.25) is 0 Å². The summed E-state index contributed by atoms with van der Waals surface area (Å²) in [5, 5.41) is 5.59. The summed E-state index contributed by atoms with van der Waals surface area (Å²) in [6, 6.07) is 33.3. The van der Waals surface area contributed by atoms with Crippen LogP contribution in [-0.4, -0.2) is 57.7 Å². The monoisotopic (exact) mass is 802 g/mol. The van der Waals surface area contributed by atoms with Crippen LogP contribution in [-0.2, 0) is 4.79 Å². The van der Waals surface area contributed by atoms with Crippen molar-refractivity contribution in [1.29, 1.82) is 0 Å². The standard InChI is InChI=1S/C45H50N6O4S2/c1-8-50(9-2)36-24-21-33(41(27-36)54-7)29-46-38-16-12-14-18-43(38)56-57-44-19-15-13-17-39(44)47-30-34-22-25-37(51(10-3)11-4)28-42(34)55-45(53)49-40-26-35(48-32(6)52)23-20-31(40)5/h12-30H,8-11H2,1-7H3,(H,48,52)(H,49,53). The number of ether oxygens (including phenoxy) is 2. The van der Waals surface area contributed by atoms with Crippen LogP contribution in [0, 0.1) is 6.92 Å². The van der Waals surface area contributed by atoms with Crippen molar-refractivity contribution >= 4 is 80.1 Å². The third-order valence-electron chi connectivity index (χ3n) is 9.11. The summed E-state index contributed by atoms with van der Waals surface area (Å²) < 4.78 is 11.7. The summed E-state index contributed by atoms with van der Waals surface area (Å²) in [7, 11) is 4.88. The molecule has 0 heterocycles. The number of para-hydroxylation sites is 2. The number of methoxy groups -OCH3 is 1. The van der Waals surface area contributed by atoms with Crippen LogP contribution >= 0.6 is 21.6 Å². The maximum atomic E-state index is 13.3. The van der Waals surface area contributed by atoms with Crippen molar-refractivity contribution < 1.29 is 19.1 Å². The molecule has 0 aromatic heterocycles. The van der Waals surface area contributed by atoms with Crippen LogP contribution in [0.1, 0.15) is 51.3 Å². The van der Waals surface area contributed by atoms with Crippen LogP contribution < -0.4 is 29.9 Å². The number of benzene rings is 5. The fourth-order valence-corrected chi connectivity index (χ4v) is 8.25. The number of nitrogens with one attached hydrogen (secondary N) is 2. The van der Waals surface area contributed by atoms with Crippen molar-refractivity contribution in [2.24, 2.45) is 9.98 Å². The van der Waals surface area contributed by atoms with Gasteiger partial charge in [-0.15, -0.1) is 0 Å². The fraction of sp³-hybridized carbons (Fsp3) is 0.244. The smallest absolute Gasteiger partial charge is 0.417 e. The zero-order valence-electron chi connectivity index (χ0n) is 33.5. The molecule has 0 radical (unpaired) electrons. The van der Waals surface area contributed by atoms with E-state index in [4.69, 9.17) is 19.5 Å². The molecule has 10 nitrogen and oxygen atoms in total. The minimum atomic E-state index is -0.659. The molecule has 2 N–H and O–H groups in total. The van der Waals surface area contributed by atoms with E-state index in [1.807, 2.05) is 85.9 Å². The minimum absolute atomic E-state index is 0.202. The van der Waals surface area contributed by atoms with Crippen molar-refractivity contribution in [3.63, 3.8) is 0 Å². The summed E-state index contributed by atoms with van der Waals surface area (Å²) in [6.45, 7) is 15.2. The number of amides is 2. The van der Waals surface area contributed by atoms with E-state index >= 15 is 0 Å². The molecule has 12 heteroatoms. The first-order valence-corrected chi connectivity index (χ1v) is 21.1. The van der Waals surface area contributed by atoms with Gasteiger partial charge in [-0.1, -0.05) is 51.9 Å². The van der Waals surface area contributed by atoms with Gasteiger partial charge in [0.25, 0.3) is 0 Å². The summed E-state index contributed by atoms with van der Waals surface area (Å²) in [6.07, 6.45) is 2.91. The molecule has 0 bridgehead atoms. The average molecular weight is 803 g/mol. The number of anilines is 4. The molecule has 0 unspecified atom stereocenters. The van der Waals surface area contributed by atoms with Crippen molar-refractivity contribution in [1.82, 2.24) is 0 Å². The van der Waals surface area contributed by atoms with Gasteiger partial charge < -0.3 is 24.6 Å². The van der Waals surface area contributed by atoms with Crippen molar-refractivity contribution in [2.45, 2.75) is 51.3 Å². The SMILES string of the molecule is CCN(CC)c1ccc(C=Nc2ccccc2SSc2ccccc2N=Cc2ccc(N(CC)CC)cc2OC(=O)Nc2cc(NC(C)=O)ccc2C)c(OC)c1. The summed E-state index contributed by atoms with van der Waals surface area (Å²) in [5.41, 5.74) is 7.11. The van der Waals surface area contributed by atoms with Gasteiger partial charge in [-0.25, -0.2) is 4.79 Å². The molecule has 0 aliphatic rings. The highest BCUT2D eigenvalue weighted by atomic mass is 33.1. The lowest BCUT2D eigenvalue weighted by Crippen LogP contribution is -2.22. The predicted molar refractivity (Wildman–Crippen MR) is 241 cm³/mol. The second-order valence-electron chi connectivity index (χ2n) is 12.8. The molecule has 5 rings (SSSR count). The first kappa shape index (κ1) is 42.4. The molecule has 57 heavy (non-hydrogen) atoms. The number of aryl methyl sites for hydroxylation is 1. The third-order valence-corrected chi connectivity index (χ3v) is 11.6. The lowest BCUT2D eigenvalue weighted by molar-refractivity contribution is -0.114. The molecular formula is C45H50N6O4S2. The molecule has 2 amide bonds. The van der Waals surface area contributed by atoms with Crippen LogP contribution in [0.25, 0.3) is 0 Å². The Morgan fingerprint density at radius 3 is 1.68 bits per heavy atom. The van der Waals surface area contributed by atoms with Gasteiger partial charge in [-0.2, -0.15) is 0 Å². The van der Waals surface area contributed by atoms with Crippen LogP contribution in [0.5, 0.6) is 11.5 Å². The lowest BCUT2D eigenvalue weighted by atomic mass is 10.1. The van der Waals surface area contributed by atoms with Gasteiger partial charge in [0.1, 0.15) is 11.5 Å². The van der Waals surface area contributed by atoms with E-state index in [9.17, 15) is 9.59 Å². The first-order valence-electron chi connectivity index (χ1n) is 19.0. The number of carbonyl (C=O) groups is 2. The molecule has 5 aromatic carbocycles. The van der Waals surface area contributed by atoms with Gasteiger partial charge >= 0.3 is 6.09 Å². The molecular weight excluding hydrogens is 753 g/mol. The second-order valence-corrected chi connectivity index (χ2v) is 15.0. The molecule has 5 aromatic rings. The van der Waals surface area contributed by atoms with Crippen LogP contribution in [0.4, 0.5) is 38.9 Å². The molecule has 0 saturated carbocycles. The summed E-state index contributed by atoms with van der Waals surface area (Å²) >= 11 is 0. The lowest BCUT2D eigenvalue weighted by Gasteiger charge is -2.22. The number of rotatable bonds is 17. The van der Waals surface area contributed by atoms with E-state index in [0.29, 0.717) is 22.7 Å². The minimum Gasteiger partial charge on any atom is -0.496 e. The number of nitrogens with zero attached hydrogens (tertiary/aromatic N) is 4. The normalized spacial score (nSPS) is 11.1. The predicted octanol–water partition coefficient (Wildman–Crippen LogP) is 11.6. The quantitative estimate of drug-likeness (QED) is 0.0707. The van der Waals surface area contributed by atoms with E-state index in [-0.39, 0.29) is 5.91 Å². The Hall–Kier alpha value is -5.72. The Morgan fingerprint density at radius 1 is 0.667 bits per heavy atom. The van der Waals surface area contributed by atoms with Gasteiger partial charge in [0.15, 0.2) is 0 Å². The van der Waals surface area contributed by atoms with E-state index in [1.165, 1.54) is 6.92 Å². The summed E-state index contributed by atoms with van der Waals surface area (Å²) in [4.78, 5) is 41.1. The molecule has 296 valence electrons. The fourth-order valence-electron chi connectivity index (χ4n) is 6.01. The van der Waals surface area contributed by atoms with Crippen molar-refractivity contribution in [3.8, 4) is 11.5 Å². The van der Waals surface area contributed by atoms with Crippen LogP contribution in [0.3, 0.4) is 0 Å². The van der Waals surface area contributed by atoms with Crippen molar-refractivity contribution in [2.75, 3.05) is 53.7 Å². The van der Waals surface area contributed by atoms with E-state index in [2.05, 4.69) is 66.3 Å². The number of hydrogen-bond acceptors (Lipinski definition) is 10. The Bertz CT molecular complexity index is 2220. The highest BCUT2D eigenvalue weighted by Gasteiger charge is 2.15. The van der Waals surface area contributed by atoms with Crippen LogP contribution in [0.15, 0.2) is 123 Å². The van der Waals surface area contributed by atoms with Gasteiger partial charge in [0.2, 0.25) is 5.91 Å². The third kappa shape index (κ3) is 11.7. The highest BCUT2D eigenvalue weighted by molar-refractivity contribution is 8.76. The Kier molecular flexibility index (Phi) is 15.6. The van der Waals surface area contributed by atoms with Gasteiger partial charge in [0.05, 0.1) is 18.5 Å². The van der Waals surface area contributed by atoms with E-state index < -0.39 is 6.09 Å². The number of aliphatic imine (C=N–C) groups is 2. The van der Waals surface area contributed by atoms with E-state index in [0.717, 1.165) is 75.6 Å². The first-order chi connectivity index (χ1) is 27.7. The molecule has 0 aliphatic heterocycles. The molecule has 0 spiro atoms. The molecule has 0 fully saturated rings. The van der Waals surface area contributed by atoms with Gasteiger partial charge in [0, 0.05) is 101 Å². The zero-order chi connectivity index (χ0) is 40.7. The second kappa shape index (κ2) is 21.0. The number of hydrogen-bond donors (Lipinski definition) is 2. The number of carbonyl (C=O) groups excluding carboxylic acids is 2.